The Bertz CT molecular complexity index is 1450. The molecule has 0 saturated carbocycles. The number of anilines is 1. The number of hydrogen-bond donors (Lipinski definition) is 2. The third-order valence-corrected chi connectivity index (χ3v) is 7.08. The summed E-state index contributed by atoms with van der Waals surface area (Å²) >= 11 is 7.14. The van der Waals surface area contributed by atoms with Crippen molar-refractivity contribution in [2.75, 3.05) is 5.73 Å². The molecule has 2 N–H and O–H groups in total. The monoisotopic (exact) mass is 436 g/mol. The van der Waals surface area contributed by atoms with Crippen molar-refractivity contribution in [1.29, 1.82) is 0 Å². The summed E-state index contributed by atoms with van der Waals surface area (Å²) < 4.78 is 6.89. The van der Waals surface area contributed by atoms with E-state index in [1.165, 1.54) is 17.4 Å². The zero-order valence-electron chi connectivity index (χ0n) is 14.7. The zero-order valence-corrected chi connectivity index (χ0v) is 17.2. The average molecular weight is 437 g/mol. The highest BCUT2D eigenvalue weighted by Gasteiger charge is 2.26. The topological polar surface area (TPSA) is 86.2 Å². The fourth-order valence-electron chi connectivity index (χ4n) is 3.13. The van der Waals surface area contributed by atoms with Gasteiger partial charge in [0.25, 0.3) is 0 Å². The molecule has 8 heteroatoms. The van der Waals surface area contributed by atoms with Crippen LogP contribution in [0.5, 0.6) is 0 Å². The standard InChI is InChI=1S/C21H12N2O3S3/c22-16-15(19-23-12-6-2-4-8-14(12)28-19)21(27)29-18(16)17(24)11-9-10-5-1-3-7-13(10)26-20(11)25/h1-9,27H,22H2. The molecule has 0 fully saturated rings. The van der Waals surface area contributed by atoms with Crippen LogP contribution in [0.1, 0.15) is 15.2 Å². The molecule has 2 aromatic carbocycles. The van der Waals surface area contributed by atoms with Crippen LogP contribution in [0.15, 0.2) is 68.0 Å². The first-order valence-corrected chi connectivity index (χ1v) is 10.7. The molecule has 142 valence electrons. The fourth-order valence-corrected chi connectivity index (χ4v) is 5.72. The van der Waals surface area contributed by atoms with E-state index < -0.39 is 11.4 Å². The Balaban J connectivity index is 1.64. The zero-order chi connectivity index (χ0) is 20.1. The van der Waals surface area contributed by atoms with Crippen LogP contribution in [0.4, 0.5) is 5.69 Å². The van der Waals surface area contributed by atoms with E-state index in [0.717, 1.165) is 21.6 Å². The number of thiol groups is 1. The van der Waals surface area contributed by atoms with Gasteiger partial charge in [-0.2, -0.15) is 0 Å². The van der Waals surface area contributed by atoms with Gasteiger partial charge in [-0.3, -0.25) is 4.79 Å². The number of fused-ring (bicyclic) bond motifs is 2. The first-order valence-electron chi connectivity index (χ1n) is 8.57. The van der Waals surface area contributed by atoms with Gasteiger partial charge in [-0.15, -0.1) is 35.3 Å². The maximum Gasteiger partial charge on any atom is 0.347 e. The first-order chi connectivity index (χ1) is 14.0. The molecule has 0 bridgehead atoms. The highest BCUT2D eigenvalue weighted by Crippen LogP contribution is 2.44. The number of aromatic nitrogens is 1. The average Bonchev–Trinajstić information content (AvgIpc) is 3.26. The van der Waals surface area contributed by atoms with E-state index in [1.54, 1.807) is 18.2 Å². The number of thiazole rings is 1. The van der Waals surface area contributed by atoms with Gasteiger partial charge in [-0.25, -0.2) is 9.78 Å². The molecule has 29 heavy (non-hydrogen) atoms. The van der Waals surface area contributed by atoms with Crippen LogP contribution in [0, 0.1) is 0 Å². The summed E-state index contributed by atoms with van der Waals surface area (Å²) in [5, 5.41) is 1.36. The second-order valence-electron chi connectivity index (χ2n) is 6.33. The number of nitrogens with two attached hydrogens (primary N) is 1. The van der Waals surface area contributed by atoms with Gasteiger partial charge in [-0.1, -0.05) is 30.3 Å². The Hall–Kier alpha value is -2.94. The van der Waals surface area contributed by atoms with Crippen molar-refractivity contribution in [2.45, 2.75) is 4.21 Å². The van der Waals surface area contributed by atoms with Gasteiger partial charge in [0.15, 0.2) is 0 Å². The van der Waals surface area contributed by atoms with Crippen LogP contribution in [0.25, 0.3) is 31.8 Å². The number of rotatable bonds is 3. The Morgan fingerprint density at radius 2 is 1.83 bits per heavy atom. The summed E-state index contributed by atoms with van der Waals surface area (Å²) in [6.45, 7) is 0. The van der Waals surface area contributed by atoms with E-state index in [2.05, 4.69) is 17.6 Å². The third-order valence-electron chi connectivity index (χ3n) is 4.53. The second-order valence-corrected chi connectivity index (χ2v) is 9.13. The SMILES string of the molecule is Nc1c(C(=O)c2cc3ccccc3oc2=O)sc(S)c1-c1nc2ccccc2s1. The number of para-hydroxylation sites is 2. The molecule has 0 unspecified atom stereocenters. The predicted octanol–water partition coefficient (Wildman–Crippen LogP) is 5.23. The molecule has 5 rings (SSSR count). The molecule has 0 saturated heterocycles. The molecular formula is C21H12N2O3S3. The summed E-state index contributed by atoms with van der Waals surface area (Å²) in [5.41, 5.74) is 7.77. The lowest BCUT2D eigenvalue weighted by Crippen LogP contribution is -2.14. The van der Waals surface area contributed by atoms with Gasteiger partial charge in [-0.05, 0) is 24.3 Å². The van der Waals surface area contributed by atoms with Gasteiger partial charge in [0.1, 0.15) is 21.0 Å². The predicted molar refractivity (Wildman–Crippen MR) is 121 cm³/mol. The lowest BCUT2D eigenvalue weighted by molar-refractivity contribution is 0.104. The van der Waals surface area contributed by atoms with E-state index in [9.17, 15) is 9.59 Å². The van der Waals surface area contributed by atoms with Crippen molar-refractivity contribution in [2.24, 2.45) is 0 Å². The van der Waals surface area contributed by atoms with Gasteiger partial charge in [0.2, 0.25) is 5.78 Å². The largest absolute Gasteiger partial charge is 0.422 e. The molecule has 0 atom stereocenters. The van der Waals surface area contributed by atoms with E-state index in [1.807, 2.05) is 30.3 Å². The fraction of sp³-hybridized carbons (Fsp3) is 0. The Labute approximate surface area is 177 Å². The van der Waals surface area contributed by atoms with Crippen molar-refractivity contribution in [3.8, 4) is 10.6 Å². The summed E-state index contributed by atoms with van der Waals surface area (Å²) in [7, 11) is 0. The quantitative estimate of drug-likeness (QED) is 0.230. The number of hydrogen-bond acceptors (Lipinski definition) is 8. The summed E-state index contributed by atoms with van der Waals surface area (Å²) in [6, 6.07) is 16.3. The molecule has 5 nitrogen and oxygen atoms in total. The maximum absolute atomic E-state index is 13.1. The van der Waals surface area contributed by atoms with Crippen LogP contribution < -0.4 is 11.4 Å². The summed E-state index contributed by atoms with van der Waals surface area (Å²) in [6.07, 6.45) is 0. The molecule has 0 radical (unpaired) electrons. The summed E-state index contributed by atoms with van der Waals surface area (Å²) in [4.78, 5) is 30.4. The van der Waals surface area contributed by atoms with Crippen LogP contribution in [-0.4, -0.2) is 10.8 Å². The van der Waals surface area contributed by atoms with Gasteiger partial charge >= 0.3 is 5.63 Å². The number of nitrogens with zero attached hydrogens (tertiary/aromatic N) is 1. The van der Waals surface area contributed by atoms with Crippen molar-refractivity contribution in [3.63, 3.8) is 0 Å². The normalized spacial score (nSPS) is 11.3. The van der Waals surface area contributed by atoms with Crippen molar-refractivity contribution in [1.82, 2.24) is 4.98 Å². The highest BCUT2D eigenvalue weighted by molar-refractivity contribution is 7.83. The number of carbonyl (C=O) groups is 1. The van der Waals surface area contributed by atoms with Gasteiger partial charge in [0, 0.05) is 5.39 Å². The number of carbonyl (C=O) groups excluding carboxylic acids is 1. The van der Waals surface area contributed by atoms with Gasteiger partial charge < -0.3 is 10.2 Å². The molecule has 0 aliphatic carbocycles. The molecule has 0 amide bonds. The van der Waals surface area contributed by atoms with E-state index >= 15 is 0 Å². The van der Waals surface area contributed by atoms with E-state index in [-0.39, 0.29) is 16.1 Å². The van der Waals surface area contributed by atoms with Crippen molar-refractivity contribution in [3.05, 3.63) is 75.5 Å². The van der Waals surface area contributed by atoms with Crippen LogP contribution in [0.3, 0.4) is 0 Å². The Kier molecular flexibility index (Phi) is 4.27. The number of benzene rings is 2. The van der Waals surface area contributed by atoms with Gasteiger partial charge in [0.05, 0.1) is 25.7 Å². The minimum absolute atomic E-state index is 0.0548. The minimum Gasteiger partial charge on any atom is -0.422 e. The van der Waals surface area contributed by atoms with Crippen molar-refractivity contribution >= 4 is 68.0 Å². The number of ketones is 1. The molecule has 0 spiro atoms. The van der Waals surface area contributed by atoms with Crippen LogP contribution in [0.2, 0.25) is 0 Å². The van der Waals surface area contributed by atoms with Crippen LogP contribution in [-0.2, 0) is 0 Å². The summed E-state index contributed by atoms with van der Waals surface area (Å²) in [5.74, 6) is -0.477. The van der Waals surface area contributed by atoms with E-state index in [0.29, 0.717) is 25.7 Å². The Morgan fingerprint density at radius 3 is 2.66 bits per heavy atom. The lowest BCUT2D eigenvalue weighted by Gasteiger charge is -2.02. The maximum atomic E-state index is 13.1. The lowest BCUT2D eigenvalue weighted by atomic mass is 10.1. The molecule has 0 aliphatic heterocycles. The molecule has 3 aromatic heterocycles. The second kappa shape index (κ2) is 6.84. The Morgan fingerprint density at radius 1 is 1.07 bits per heavy atom. The smallest absolute Gasteiger partial charge is 0.347 e. The third kappa shape index (κ3) is 2.96. The van der Waals surface area contributed by atoms with Crippen LogP contribution >= 0.6 is 35.3 Å². The molecule has 0 aliphatic rings. The molecule has 5 aromatic rings. The number of nitrogen functional groups attached to an aromatic ring is 1. The molecule has 3 heterocycles. The molecular weight excluding hydrogens is 424 g/mol. The van der Waals surface area contributed by atoms with E-state index in [4.69, 9.17) is 10.2 Å². The first kappa shape index (κ1) is 18.1. The highest BCUT2D eigenvalue weighted by atomic mass is 32.2. The van der Waals surface area contributed by atoms with Crippen molar-refractivity contribution < 1.29 is 9.21 Å². The minimum atomic E-state index is -0.691. The number of thiophene rings is 1.